The van der Waals surface area contributed by atoms with E-state index in [0.29, 0.717) is 15.6 Å². The summed E-state index contributed by atoms with van der Waals surface area (Å²) in [6, 6.07) is 3.84. The Morgan fingerprint density at radius 2 is 1.86 bits per heavy atom. The Bertz CT molecular complexity index is 508. The molecule has 1 atom stereocenters. The molecule has 1 aromatic rings. The average molecular weight is 333 g/mol. The van der Waals surface area contributed by atoms with Crippen molar-refractivity contribution in [2.24, 2.45) is 0 Å². The summed E-state index contributed by atoms with van der Waals surface area (Å²) in [6.07, 6.45) is -0.308. The molecule has 4 N–H and O–H groups in total. The van der Waals surface area contributed by atoms with Crippen LogP contribution < -0.4 is 10.5 Å². The van der Waals surface area contributed by atoms with E-state index in [1.54, 1.807) is 12.1 Å². The molecule has 21 heavy (non-hydrogen) atoms. The van der Waals surface area contributed by atoms with E-state index < -0.39 is 25.0 Å². The van der Waals surface area contributed by atoms with Gasteiger partial charge in [0.05, 0.1) is 19.0 Å². The largest absolute Gasteiger partial charge is 0.481 e. The van der Waals surface area contributed by atoms with Crippen LogP contribution in [-0.4, -0.2) is 35.6 Å². The zero-order chi connectivity index (χ0) is 16.0. The molecule has 0 aliphatic carbocycles. The molecule has 0 radical (unpaired) electrons. The maximum Gasteiger partial charge on any atom is 0.374 e. The Hall–Kier alpha value is -1.28. The number of hydrogen-bond acceptors (Lipinski definition) is 4. The summed E-state index contributed by atoms with van der Waals surface area (Å²) in [5.41, 5.74) is 0.500. The fraction of sp³-hybridized carbons (Fsp3) is 0.333. The van der Waals surface area contributed by atoms with E-state index in [1.807, 2.05) is 0 Å². The van der Waals surface area contributed by atoms with E-state index in [2.05, 4.69) is 10.5 Å². The second-order valence-electron chi connectivity index (χ2n) is 4.48. The van der Waals surface area contributed by atoms with Gasteiger partial charge >= 0.3 is 13.0 Å². The van der Waals surface area contributed by atoms with Crippen molar-refractivity contribution in [3.8, 4) is 0 Å². The summed E-state index contributed by atoms with van der Waals surface area (Å²) in [6.45, 7) is 1.33. The van der Waals surface area contributed by atoms with Crippen molar-refractivity contribution in [1.82, 2.24) is 10.5 Å². The third-order valence-corrected chi connectivity index (χ3v) is 3.00. The minimum atomic E-state index is -1.07. The summed E-state index contributed by atoms with van der Waals surface area (Å²) in [5.74, 6) is -1.52. The molecule has 0 bridgehead atoms. The molecule has 1 rings (SSSR count). The number of aliphatic carboxylic acids is 1. The maximum atomic E-state index is 11.7. The molecule has 1 aromatic carbocycles. The van der Waals surface area contributed by atoms with Gasteiger partial charge in [0.25, 0.3) is 0 Å². The third-order valence-electron chi connectivity index (χ3n) is 2.56. The van der Waals surface area contributed by atoms with Gasteiger partial charge in [-0.3, -0.25) is 9.59 Å². The number of hydrogen-bond donors (Lipinski definition) is 4. The highest BCUT2D eigenvalue weighted by Gasteiger charge is 2.19. The predicted octanol–water partition coefficient (Wildman–Crippen LogP) is 1.33. The lowest BCUT2D eigenvalue weighted by Gasteiger charge is -2.18. The van der Waals surface area contributed by atoms with Crippen LogP contribution >= 0.6 is 23.2 Å². The number of carboxylic acids is 1. The third kappa shape index (κ3) is 6.81. The van der Waals surface area contributed by atoms with Gasteiger partial charge in [-0.1, -0.05) is 23.2 Å². The van der Waals surface area contributed by atoms with Crippen molar-refractivity contribution in [1.29, 1.82) is 0 Å². The van der Waals surface area contributed by atoms with Crippen LogP contribution in [0.25, 0.3) is 0 Å². The van der Waals surface area contributed by atoms with Crippen molar-refractivity contribution < 1.29 is 19.7 Å². The first-order valence-electron chi connectivity index (χ1n) is 6.16. The Labute approximate surface area is 132 Å². The molecule has 9 heteroatoms. The smallest absolute Gasteiger partial charge is 0.374 e. The molecule has 6 nitrogen and oxygen atoms in total. The van der Waals surface area contributed by atoms with E-state index >= 15 is 0 Å². The molecule has 0 saturated carbocycles. The van der Waals surface area contributed by atoms with Gasteiger partial charge in [0.15, 0.2) is 0 Å². The minimum Gasteiger partial charge on any atom is -0.481 e. The lowest BCUT2D eigenvalue weighted by atomic mass is 9.89. The van der Waals surface area contributed by atoms with Crippen molar-refractivity contribution in [3.63, 3.8) is 0 Å². The number of amides is 1. The van der Waals surface area contributed by atoms with Crippen LogP contribution in [0.2, 0.25) is 16.9 Å². The van der Waals surface area contributed by atoms with Crippen molar-refractivity contribution in [2.75, 3.05) is 6.54 Å². The van der Waals surface area contributed by atoms with E-state index in [9.17, 15) is 9.59 Å². The molecule has 1 unspecified atom stereocenters. The van der Waals surface area contributed by atoms with Gasteiger partial charge in [0.1, 0.15) is 0 Å². The van der Waals surface area contributed by atoms with E-state index in [1.165, 1.54) is 12.9 Å². The van der Waals surface area contributed by atoms with Crippen molar-refractivity contribution in [3.05, 3.63) is 33.8 Å². The highest BCUT2D eigenvalue weighted by molar-refractivity contribution is 6.45. The maximum absolute atomic E-state index is 11.7. The first-order chi connectivity index (χ1) is 9.77. The quantitative estimate of drug-likeness (QED) is 0.564. The molecule has 0 aliphatic heterocycles. The number of rotatable bonds is 7. The van der Waals surface area contributed by atoms with Gasteiger partial charge in [-0.25, -0.2) is 0 Å². The number of benzene rings is 1. The molecule has 0 spiro atoms. The Balaban J connectivity index is 2.84. The standard InChI is InChI=1S/C12H15BCl2N2O4/c1-13(21)16-6-11(18)17-10(5-12(19)20)7-2-8(14)4-9(15)3-7/h2-4,10,16,21H,5-6H2,1H3,(H,17,18)(H,19,20). The first kappa shape index (κ1) is 17.8. The van der Waals surface area contributed by atoms with Crippen LogP contribution in [0.3, 0.4) is 0 Å². The topological polar surface area (TPSA) is 98.7 Å². The zero-order valence-electron chi connectivity index (χ0n) is 11.3. The minimum absolute atomic E-state index is 0.137. The first-order valence-corrected chi connectivity index (χ1v) is 6.92. The van der Waals surface area contributed by atoms with Gasteiger partial charge in [-0.05, 0) is 30.6 Å². The molecular weight excluding hydrogens is 318 g/mol. The molecule has 0 fully saturated rings. The van der Waals surface area contributed by atoms with Crippen molar-refractivity contribution in [2.45, 2.75) is 19.3 Å². The van der Waals surface area contributed by atoms with E-state index in [0.717, 1.165) is 0 Å². The van der Waals surface area contributed by atoms with Crippen LogP contribution in [-0.2, 0) is 9.59 Å². The Morgan fingerprint density at radius 3 is 2.33 bits per heavy atom. The van der Waals surface area contributed by atoms with Gasteiger partial charge < -0.3 is 20.7 Å². The lowest BCUT2D eigenvalue weighted by molar-refractivity contribution is -0.137. The average Bonchev–Trinajstić information content (AvgIpc) is 2.33. The number of carbonyl (C=O) groups excluding carboxylic acids is 1. The summed E-state index contributed by atoms with van der Waals surface area (Å²) >= 11 is 11.8. The molecule has 0 saturated heterocycles. The normalized spacial score (nSPS) is 11.8. The van der Waals surface area contributed by atoms with Crippen LogP contribution in [0.4, 0.5) is 0 Å². The lowest BCUT2D eigenvalue weighted by Crippen LogP contribution is -2.41. The van der Waals surface area contributed by atoms with Gasteiger partial charge in [0, 0.05) is 10.0 Å². The number of carbonyl (C=O) groups is 2. The molecule has 0 heterocycles. The molecule has 0 aliphatic rings. The van der Waals surface area contributed by atoms with Crippen LogP contribution in [0.15, 0.2) is 18.2 Å². The van der Waals surface area contributed by atoms with Crippen LogP contribution in [0, 0.1) is 0 Å². The van der Waals surface area contributed by atoms with Gasteiger partial charge in [-0.2, -0.15) is 0 Å². The monoisotopic (exact) mass is 332 g/mol. The molecular formula is C12H15BCl2N2O4. The summed E-state index contributed by atoms with van der Waals surface area (Å²) in [7, 11) is -0.839. The fourth-order valence-electron chi connectivity index (χ4n) is 1.69. The predicted molar refractivity (Wildman–Crippen MR) is 81.4 cm³/mol. The van der Waals surface area contributed by atoms with E-state index in [-0.39, 0.29) is 13.0 Å². The highest BCUT2D eigenvalue weighted by atomic mass is 35.5. The molecule has 0 aromatic heterocycles. The van der Waals surface area contributed by atoms with Crippen LogP contribution in [0.5, 0.6) is 0 Å². The van der Waals surface area contributed by atoms with Crippen molar-refractivity contribution >= 4 is 42.1 Å². The second kappa shape index (κ2) is 8.24. The number of nitrogens with one attached hydrogen (secondary N) is 2. The fourth-order valence-corrected chi connectivity index (χ4v) is 2.23. The Morgan fingerprint density at radius 1 is 1.29 bits per heavy atom. The zero-order valence-corrected chi connectivity index (χ0v) is 12.8. The van der Waals surface area contributed by atoms with Gasteiger partial charge in [0.2, 0.25) is 5.91 Å². The second-order valence-corrected chi connectivity index (χ2v) is 5.35. The van der Waals surface area contributed by atoms with Gasteiger partial charge in [-0.15, -0.1) is 0 Å². The summed E-state index contributed by atoms with van der Waals surface area (Å²) in [4.78, 5) is 22.7. The summed E-state index contributed by atoms with van der Waals surface area (Å²) < 4.78 is 0. The highest BCUT2D eigenvalue weighted by Crippen LogP contribution is 2.25. The van der Waals surface area contributed by atoms with E-state index in [4.69, 9.17) is 33.3 Å². The number of halogens is 2. The SMILES string of the molecule is CB(O)NCC(=O)NC(CC(=O)O)c1cc(Cl)cc(Cl)c1. The van der Waals surface area contributed by atoms with Crippen LogP contribution in [0.1, 0.15) is 18.0 Å². The Kier molecular flexibility index (Phi) is 6.97. The molecule has 114 valence electrons. The summed E-state index contributed by atoms with van der Waals surface area (Å²) in [5, 5.41) is 23.8. The molecule has 1 amide bonds. The number of carboxylic acid groups (broad SMARTS) is 1.